The Labute approximate surface area is 219 Å². The quantitative estimate of drug-likeness (QED) is 0.282. The molecular formula is C28H41N3O6. The van der Waals surface area contributed by atoms with Crippen molar-refractivity contribution in [2.24, 2.45) is 5.92 Å². The lowest BCUT2D eigenvalue weighted by atomic mass is 10.0. The van der Waals surface area contributed by atoms with Gasteiger partial charge in [0, 0.05) is 18.3 Å². The molecule has 1 unspecified atom stereocenters. The number of methoxy groups -OCH3 is 1. The smallest absolute Gasteiger partial charge is 0.407 e. The molecule has 4 N–H and O–H groups in total. The van der Waals surface area contributed by atoms with Crippen molar-refractivity contribution in [1.29, 1.82) is 0 Å². The molecule has 0 heterocycles. The Morgan fingerprint density at radius 1 is 1.05 bits per heavy atom. The average Bonchev–Trinajstić information content (AvgIpc) is 2.83. The molecule has 2 aromatic rings. The predicted molar refractivity (Wildman–Crippen MR) is 144 cm³/mol. The average molecular weight is 516 g/mol. The lowest BCUT2D eigenvalue weighted by Gasteiger charge is -2.20. The number of nitrogens with one attached hydrogen (secondary N) is 3. The van der Waals surface area contributed by atoms with Crippen molar-refractivity contribution in [1.82, 2.24) is 10.6 Å². The number of amides is 3. The molecule has 9 nitrogen and oxygen atoms in total. The van der Waals surface area contributed by atoms with Gasteiger partial charge in [-0.15, -0.1) is 0 Å². The number of carbonyl (C=O) groups excluding carboxylic acids is 2. The van der Waals surface area contributed by atoms with Crippen molar-refractivity contribution in [2.75, 3.05) is 25.6 Å². The SMILES string of the molecule is COc1ccc(NC(=O)NC(CO)c2cccc(CNC(=O)OC(C)(C)C)c2)cc1OCCCC(C)C. The number of carbonyl (C=O) groups is 2. The third-order valence-electron chi connectivity index (χ3n) is 5.28. The van der Waals surface area contributed by atoms with Gasteiger partial charge in [-0.1, -0.05) is 38.1 Å². The van der Waals surface area contributed by atoms with Crippen LogP contribution in [-0.2, 0) is 11.3 Å². The fourth-order valence-electron chi connectivity index (χ4n) is 3.51. The minimum Gasteiger partial charge on any atom is -0.493 e. The molecule has 3 amide bonds. The maximum absolute atomic E-state index is 12.7. The Morgan fingerprint density at radius 3 is 2.46 bits per heavy atom. The second kappa shape index (κ2) is 14.3. The number of urea groups is 1. The Hall–Kier alpha value is -3.46. The molecule has 0 aliphatic heterocycles. The fourth-order valence-corrected chi connectivity index (χ4v) is 3.51. The normalized spacial score (nSPS) is 12.0. The topological polar surface area (TPSA) is 118 Å². The van der Waals surface area contributed by atoms with Gasteiger partial charge in [-0.3, -0.25) is 0 Å². The molecule has 0 saturated carbocycles. The second-order valence-electron chi connectivity index (χ2n) is 10.2. The maximum atomic E-state index is 12.7. The molecule has 1 atom stereocenters. The summed E-state index contributed by atoms with van der Waals surface area (Å²) in [5.41, 5.74) is 1.45. The molecule has 0 saturated heterocycles. The van der Waals surface area contributed by atoms with Crippen molar-refractivity contribution in [3.8, 4) is 11.5 Å². The van der Waals surface area contributed by atoms with Crippen LogP contribution >= 0.6 is 0 Å². The number of benzene rings is 2. The molecule has 0 spiro atoms. The number of aliphatic hydroxyl groups is 1. The van der Waals surface area contributed by atoms with Crippen molar-refractivity contribution in [3.05, 3.63) is 53.6 Å². The van der Waals surface area contributed by atoms with E-state index in [-0.39, 0.29) is 13.2 Å². The third kappa shape index (κ3) is 11.0. The predicted octanol–water partition coefficient (Wildman–Crippen LogP) is 5.39. The first-order valence-corrected chi connectivity index (χ1v) is 12.6. The molecule has 0 bridgehead atoms. The van der Waals surface area contributed by atoms with E-state index in [1.54, 1.807) is 58.2 Å². The zero-order valence-corrected chi connectivity index (χ0v) is 22.7. The van der Waals surface area contributed by atoms with Crippen LogP contribution in [0.2, 0.25) is 0 Å². The van der Waals surface area contributed by atoms with Crippen LogP contribution in [-0.4, -0.2) is 43.2 Å². The van der Waals surface area contributed by atoms with Gasteiger partial charge in [-0.05, 0) is 62.8 Å². The largest absolute Gasteiger partial charge is 0.493 e. The van der Waals surface area contributed by atoms with Gasteiger partial charge >= 0.3 is 12.1 Å². The summed E-state index contributed by atoms with van der Waals surface area (Å²) in [6.07, 6.45) is 1.46. The van der Waals surface area contributed by atoms with Crippen LogP contribution in [0.25, 0.3) is 0 Å². The fraction of sp³-hybridized carbons (Fsp3) is 0.500. The first-order chi connectivity index (χ1) is 17.5. The van der Waals surface area contributed by atoms with Gasteiger partial charge in [0.05, 0.1) is 26.4 Å². The summed E-state index contributed by atoms with van der Waals surface area (Å²) in [5, 5.41) is 18.2. The summed E-state index contributed by atoms with van der Waals surface area (Å²) >= 11 is 0. The van der Waals surface area contributed by atoms with E-state index in [2.05, 4.69) is 29.8 Å². The van der Waals surface area contributed by atoms with Crippen LogP contribution in [0.3, 0.4) is 0 Å². The Morgan fingerprint density at radius 2 is 1.81 bits per heavy atom. The standard InChI is InChI=1S/C28H41N3O6/c1-19(2)9-8-14-36-25-16-22(12-13-24(25)35-6)30-26(33)31-23(18-32)21-11-7-10-20(15-21)17-29-27(34)37-28(3,4)5/h7,10-13,15-16,19,23,32H,8-9,14,17-18H2,1-6H3,(H,29,34)(H2,30,31,33). The summed E-state index contributed by atoms with van der Waals surface area (Å²) in [5.74, 6) is 1.73. The number of alkyl carbamates (subject to hydrolysis) is 1. The molecule has 2 aromatic carbocycles. The van der Waals surface area contributed by atoms with Crippen molar-refractivity contribution >= 4 is 17.8 Å². The number of rotatable bonds is 12. The van der Waals surface area contributed by atoms with Crippen LogP contribution in [0, 0.1) is 5.92 Å². The van der Waals surface area contributed by atoms with Gasteiger partial charge in [-0.25, -0.2) is 9.59 Å². The molecule has 204 valence electrons. The first kappa shape index (κ1) is 29.8. The first-order valence-electron chi connectivity index (χ1n) is 12.6. The van der Waals surface area contributed by atoms with E-state index in [0.717, 1.165) is 18.4 Å². The van der Waals surface area contributed by atoms with Gasteiger partial charge in [0.25, 0.3) is 0 Å². The van der Waals surface area contributed by atoms with Crippen LogP contribution in [0.1, 0.15) is 64.6 Å². The van der Waals surface area contributed by atoms with E-state index in [0.29, 0.717) is 35.3 Å². The minimum atomic E-state index is -0.647. The molecule has 9 heteroatoms. The third-order valence-corrected chi connectivity index (χ3v) is 5.28. The number of anilines is 1. The van der Waals surface area contributed by atoms with Gasteiger partial charge in [-0.2, -0.15) is 0 Å². The minimum absolute atomic E-state index is 0.249. The molecule has 0 aliphatic carbocycles. The Bertz CT molecular complexity index is 1020. The lowest BCUT2D eigenvalue weighted by Crippen LogP contribution is -2.34. The maximum Gasteiger partial charge on any atom is 0.407 e. The van der Waals surface area contributed by atoms with E-state index in [1.807, 2.05) is 12.1 Å². The summed E-state index contributed by atoms with van der Waals surface area (Å²) in [6.45, 7) is 10.2. The molecule has 2 rings (SSSR count). The Kier molecular flexibility index (Phi) is 11.5. The molecular weight excluding hydrogens is 474 g/mol. The number of aliphatic hydroxyl groups excluding tert-OH is 1. The highest BCUT2D eigenvalue weighted by Gasteiger charge is 2.17. The summed E-state index contributed by atoms with van der Waals surface area (Å²) in [6, 6.07) is 11.3. The Balaban J connectivity index is 1.99. The lowest BCUT2D eigenvalue weighted by molar-refractivity contribution is 0.0523. The van der Waals surface area contributed by atoms with Gasteiger partial charge in [0.2, 0.25) is 0 Å². The van der Waals surface area contributed by atoms with Crippen LogP contribution in [0.5, 0.6) is 11.5 Å². The van der Waals surface area contributed by atoms with E-state index >= 15 is 0 Å². The van der Waals surface area contributed by atoms with Crippen LogP contribution in [0.4, 0.5) is 15.3 Å². The van der Waals surface area contributed by atoms with Crippen LogP contribution < -0.4 is 25.4 Å². The van der Waals surface area contributed by atoms with E-state index in [1.165, 1.54) is 0 Å². The number of hydrogen-bond donors (Lipinski definition) is 4. The van der Waals surface area contributed by atoms with Gasteiger partial charge in [0.15, 0.2) is 11.5 Å². The van der Waals surface area contributed by atoms with E-state index in [9.17, 15) is 14.7 Å². The monoisotopic (exact) mass is 515 g/mol. The van der Waals surface area contributed by atoms with Crippen molar-refractivity contribution < 1.29 is 28.9 Å². The molecule has 0 aromatic heterocycles. The molecule has 0 fully saturated rings. The van der Waals surface area contributed by atoms with Crippen LogP contribution in [0.15, 0.2) is 42.5 Å². The van der Waals surface area contributed by atoms with E-state index < -0.39 is 23.8 Å². The number of hydrogen-bond acceptors (Lipinski definition) is 6. The summed E-state index contributed by atoms with van der Waals surface area (Å²) < 4.78 is 16.5. The zero-order chi connectivity index (χ0) is 27.4. The molecule has 0 radical (unpaired) electrons. The van der Waals surface area contributed by atoms with E-state index in [4.69, 9.17) is 14.2 Å². The summed E-state index contributed by atoms with van der Waals surface area (Å²) in [7, 11) is 1.57. The van der Waals surface area contributed by atoms with Crippen molar-refractivity contribution in [2.45, 2.75) is 65.6 Å². The molecule has 0 aliphatic rings. The highest BCUT2D eigenvalue weighted by Crippen LogP contribution is 2.30. The van der Waals surface area contributed by atoms with Crippen molar-refractivity contribution in [3.63, 3.8) is 0 Å². The highest BCUT2D eigenvalue weighted by atomic mass is 16.6. The van der Waals surface area contributed by atoms with Gasteiger partial charge in [0.1, 0.15) is 5.60 Å². The zero-order valence-electron chi connectivity index (χ0n) is 22.7. The highest BCUT2D eigenvalue weighted by molar-refractivity contribution is 5.90. The molecule has 37 heavy (non-hydrogen) atoms. The summed E-state index contributed by atoms with van der Waals surface area (Å²) in [4.78, 5) is 24.6. The number of ether oxygens (including phenoxy) is 3. The second-order valence-corrected chi connectivity index (χ2v) is 10.2. The van der Waals surface area contributed by atoms with Gasteiger partial charge < -0.3 is 35.3 Å².